The molecule has 1 amide bonds. The maximum absolute atomic E-state index is 11.8. The topological polar surface area (TPSA) is 73.6 Å². The van der Waals surface area contributed by atoms with Gasteiger partial charge < -0.3 is 20.5 Å². The Hall–Kier alpha value is -1.59. The van der Waals surface area contributed by atoms with Crippen LogP contribution in [-0.4, -0.2) is 38.4 Å². The van der Waals surface area contributed by atoms with Gasteiger partial charge in [-0.2, -0.15) is 0 Å². The van der Waals surface area contributed by atoms with E-state index in [0.717, 1.165) is 0 Å². The van der Waals surface area contributed by atoms with E-state index in [9.17, 15) is 4.79 Å². The molecular formula is C12H16N2O3. The molecule has 0 bridgehead atoms. The number of ether oxygens (including phenoxy) is 2. The molecule has 1 aliphatic heterocycles. The Kier molecular flexibility index (Phi) is 3.95. The van der Waals surface area contributed by atoms with E-state index in [4.69, 9.17) is 15.2 Å². The molecule has 1 heterocycles. The molecule has 2 rings (SSSR count). The van der Waals surface area contributed by atoms with Crippen molar-refractivity contribution < 1.29 is 14.3 Å². The molecule has 1 aromatic rings. The van der Waals surface area contributed by atoms with Crippen LogP contribution in [0.3, 0.4) is 0 Å². The summed E-state index contributed by atoms with van der Waals surface area (Å²) in [6.45, 7) is 2.15. The van der Waals surface area contributed by atoms with E-state index in [1.807, 2.05) is 0 Å². The summed E-state index contributed by atoms with van der Waals surface area (Å²) in [7, 11) is 0. The smallest absolute Gasteiger partial charge is 0.253 e. The highest BCUT2D eigenvalue weighted by atomic mass is 16.6. The van der Waals surface area contributed by atoms with Crippen molar-refractivity contribution in [2.75, 3.05) is 32.1 Å². The Labute approximate surface area is 99.9 Å². The maximum Gasteiger partial charge on any atom is 0.253 e. The molecule has 0 saturated carbocycles. The Bertz CT molecular complexity index is 389. The summed E-state index contributed by atoms with van der Waals surface area (Å²) in [5, 5.41) is 2.79. The van der Waals surface area contributed by atoms with Gasteiger partial charge >= 0.3 is 0 Å². The molecule has 92 valence electrons. The summed E-state index contributed by atoms with van der Waals surface area (Å²) in [4.78, 5) is 11.8. The van der Waals surface area contributed by atoms with Gasteiger partial charge in [0.15, 0.2) is 0 Å². The first-order chi connectivity index (χ1) is 8.27. The predicted molar refractivity (Wildman–Crippen MR) is 63.7 cm³/mol. The molecule has 1 atom stereocenters. The third kappa shape index (κ3) is 3.18. The molecule has 1 aromatic carbocycles. The van der Waals surface area contributed by atoms with E-state index < -0.39 is 0 Å². The van der Waals surface area contributed by atoms with E-state index in [-0.39, 0.29) is 12.0 Å². The van der Waals surface area contributed by atoms with Crippen LogP contribution in [-0.2, 0) is 9.47 Å². The number of nitrogens with one attached hydrogen (secondary N) is 1. The Morgan fingerprint density at radius 3 is 2.94 bits per heavy atom. The highest BCUT2D eigenvalue weighted by molar-refractivity contribution is 5.99. The lowest BCUT2D eigenvalue weighted by Crippen LogP contribution is -2.39. The van der Waals surface area contributed by atoms with E-state index in [2.05, 4.69) is 5.32 Å². The second-order valence-electron chi connectivity index (χ2n) is 3.86. The molecule has 1 aliphatic rings. The Balaban J connectivity index is 1.87. The first-order valence-electron chi connectivity index (χ1n) is 5.59. The van der Waals surface area contributed by atoms with Gasteiger partial charge in [-0.05, 0) is 12.1 Å². The molecule has 0 spiro atoms. The van der Waals surface area contributed by atoms with E-state index in [1.54, 1.807) is 24.3 Å². The third-order valence-corrected chi connectivity index (χ3v) is 2.58. The minimum atomic E-state index is -0.183. The fraction of sp³-hybridized carbons (Fsp3) is 0.417. The van der Waals surface area contributed by atoms with Crippen LogP contribution in [0.15, 0.2) is 24.3 Å². The lowest BCUT2D eigenvalue weighted by Gasteiger charge is -2.23. The highest BCUT2D eigenvalue weighted by Gasteiger charge is 2.16. The molecule has 0 radical (unpaired) electrons. The number of hydrogen-bond donors (Lipinski definition) is 2. The third-order valence-electron chi connectivity index (χ3n) is 2.58. The van der Waals surface area contributed by atoms with Crippen LogP contribution in [0.2, 0.25) is 0 Å². The number of carbonyl (C=O) groups is 1. The van der Waals surface area contributed by atoms with Crippen molar-refractivity contribution in [1.82, 2.24) is 5.32 Å². The number of amides is 1. The maximum atomic E-state index is 11.8. The molecule has 1 saturated heterocycles. The molecule has 0 aliphatic carbocycles. The first-order valence-corrected chi connectivity index (χ1v) is 5.59. The van der Waals surface area contributed by atoms with Crippen molar-refractivity contribution in [3.63, 3.8) is 0 Å². The standard InChI is InChI=1S/C12H16N2O3/c13-11-4-2-1-3-10(11)12(15)14-7-9-8-16-5-6-17-9/h1-4,9H,5-8,13H2,(H,14,15). The minimum Gasteiger partial charge on any atom is -0.398 e. The highest BCUT2D eigenvalue weighted by Crippen LogP contribution is 2.10. The van der Waals surface area contributed by atoms with Crippen LogP contribution in [0.1, 0.15) is 10.4 Å². The van der Waals surface area contributed by atoms with Gasteiger partial charge in [0, 0.05) is 12.2 Å². The summed E-state index contributed by atoms with van der Waals surface area (Å²) in [6.07, 6.45) is -0.0716. The number of anilines is 1. The molecule has 17 heavy (non-hydrogen) atoms. The summed E-state index contributed by atoms with van der Waals surface area (Å²) in [6, 6.07) is 6.98. The van der Waals surface area contributed by atoms with Gasteiger partial charge in [0.2, 0.25) is 0 Å². The molecule has 0 aromatic heterocycles. The second-order valence-corrected chi connectivity index (χ2v) is 3.86. The van der Waals surface area contributed by atoms with Crippen LogP contribution in [0.4, 0.5) is 5.69 Å². The number of rotatable bonds is 3. The van der Waals surface area contributed by atoms with Gasteiger partial charge in [0.05, 0.1) is 31.5 Å². The summed E-state index contributed by atoms with van der Waals surface area (Å²) in [5.41, 5.74) is 6.68. The zero-order valence-corrected chi connectivity index (χ0v) is 9.52. The largest absolute Gasteiger partial charge is 0.398 e. The zero-order valence-electron chi connectivity index (χ0n) is 9.52. The fourth-order valence-corrected chi connectivity index (χ4v) is 1.66. The van der Waals surface area contributed by atoms with Crippen LogP contribution in [0, 0.1) is 0 Å². The molecule has 5 heteroatoms. The Morgan fingerprint density at radius 2 is 2.24 bits per heavy atom. The fourth-order valence-electron chi connectivity index (χ4n) is 1.66. The average molecular weight is 236 g/mol. The minimum absolute atomic E-state index is 0.0716. The van der Waals surface area contributed by atoms with Gasteiger partial charge in [-0.3, -0.25) is 4.79 Å². The molecule has 5 nitrogen and oxygen atoms in total. The number of nitrogen functional groups attached to an aromatic ring is 1. The Morgan fingerprint density at radius 1 is 1.41 bits per heavy atom. The van der Waals surface area contributed by atoms with Crippen LogP contribution >= 0.6 is 0 Å². The van der Waals surface area contributed by atoms with E-state index >= 15 is 0 Å². The van der Waals surface area contributed by atoms with Crippen molar-refractivity contribution in [1.29, 1.82) is 0 Å². The van der Waals surface area contributed by atoms with E-state index in [0.29, 0.717) is 37.6 Å². The monoisotopic (exact) mass is 236 g/mol. The quantitative estimate of drug-likeness (QED) is 0.746. The van der Waals surface area contributed by atoms with Crippen molar-refractivity contribution in [2.24, 2.45) is 0 Å². The van der Waals surface area contributed by atoms with Gasteiger partial charge in [-0.15, -0.1) is 0 Å². The number of hydrogen-bond acceptors (Lipinski definition) is 4. The lowest BCUT2D eigenvalue weighted by atomic mass is 10.1. The number of para-hydroxylation sites is 1. The number of benzene rings is 1. The lowest BCUT2D eigenvalue weighted by molar-refractivity contribution is -0.0855. The SMILES string of the molecule is Nc1ccccc1C(=O)NCC1COCCO1. The van der Waals surface area contributed by atoms with Crippen LogP contribution < -0.4 is 11.1 Å². The van der Waals surface area contributed by atoms with Gasteiger partial charge in [0.1, 0.15) is 0 Å². The van der Waals surface area contributed by atoms with Crippen molar-refractivity contribution in [3.05, 3.63) is 29.8 Å². The normalized spacial score (nSPS) is 19.9. The summed E-state index contributed by atoms with van der Waals surface area (Å²) >= 11 is 0. The van der Waals surface area contributed by atoms with E-state index in [1.165, 1.54) is 0 Å². The zero-order chi connectivity index (χ0) is 12.1. The van der Waals surface area contributed by atoms with Crippen molar-refractivity contribution in [2.45, 2.75) is 6.10 Å². The molecule has 1 fully saturated rings. The average Bonchev–Trinajstić information content (AvgIpc) is 2.38. The molecular weight excluding hydrogens is 220 g/mol. The van der Waals surface area contributed by atoms with Crippen LogP contribution in [0.5, 0.6) is 0 Å². The summed E-state index contributed by atoms with van der Waals surface area (Å²) < 4.78 is 10.7. The van der Waals surface area contributed by atoms with Crippen LogP contribution in [0.25, 0.3) is 0 Å². The second kappa shape index (κ2) is 5.65. The molecule has 1 unspecified atom stereocenters. The first kappa shape index (κ1) is 11.9. The molecule has 3 N–H and O–H groups in total. The van der Waals surface area contributed by atoms with Crippen molar-refractivity contribution >= 4 is 11.6 Å². The summed E-state index contributed by atoms with van der Waals surface area (Å²) in [5.74, 6) is -0.183. The van der Waals surface area contributed by atoms with Gasteiger partial charge in [-0.25, -0.2) is 0 Å². The van der Waals surface area contributed by atoms with Gasteiger partial charge in [-0.1, -0.05) is 12.1 Å². The number of carbonyl (C=O) groups excluding carboxylic acids is 1. The predicted octanol–water partition coefficient (Wildman–Crippen LogP) is 0.414. The van der Waals surface area contributed by atoms with Crippen molar-refractivity contribution in [3.8, 4) is 0 Å². The van der Waals surface area contributed by atoms with Gasteiger partial charge in [0.25, 0.3) is 5.91 Å². The number of nitrogens with two attached hydrogens (primary N) is 1.